The maximum Gasteiger partial charge on any atom is 0.257 e. The van der Waals surface area contributed by atoms with Gasteiger partial charge < -0.3 is 14.8 Å². The van der Waals surface area contributed by atoms with Crippen molar-refractivity contribution in [1.82, 2.24) is 9.97 Å². The van der Waals surface area contributed by atoms with Crippen LogP contribution in [-0.2, 0) is 0 Å². The monoisotopic (exact) mass is 359 g/mol. The van der Waals surface area contributed by atoms with E-state index in [1.807, 2.05) is 26.0 Å². The van der Waals surface area contributed by atoms with Gasteiger partial charge in [-0.2, -0.15) is 0 Å². The third kappa shape index (κ3) is 3.25. The van der Waals surface area contributed by atoms with Crippen LogP contribution in [0, 0.1) is 13.8 Å². The predicted molar refractivity (Wildman–Crippen MR) is 103 cm³/mol. The van der Waals surface area contributed by atoms with Crippen molar-refractivity contribution in [2.45, 2.75) is 13.8 Å². The fourth-order valence-corrected chi connectivity index (χ4v) is 2.98. The van der Waals surface area contributed by atoms with Crippen molar-refractivity contribution in [3.8, 4) is 17.2 Å². The SMILES string of the molecule is Cc1cc(C)c2oc(-c3cc(NC(=O)c4cccnc4)ccc3O)nc2c1. The molecule has 6 heteroatoms. The van der Waals surface area contributed by atoms with E-state index in [4.69, 9.17) is 4.42 Å². The molecule has 134 valence electrons. The van der Waals surface area contributed by atoms with Gasteiger partial charge in [0.25, 0.3) is 5.91 Å². The van der Waals surface area contributed by atoms with Crippen molar-refractivity contribution in [3.05, 3.63) is 71.5 Å². The van der Waals surface area contributed by atoms with Crippen molar-refractivity contribution in [2.24, 2.45) is 0 Å². The van der Waals surface area contributed by atoms with Gasteiger partial charge in [0.15, 0.2) is 5.58 Å². The van der Waals surface area contributed by atoms with Gasteiger partial charge >= 0.3 is 0 Å². The van der Waals surface area contributed by atoms with Crippen molar-refractivity contribution >= 4 is 22.7 Å². The van der Waals surface area contributed by atoms with Gasteiger partial charge in [-0.05, 0) is 61.4 Å². The number of amides is 1. The minimum atomic E-state index is -0.288. The lowest BCUT2D eigenvalue weighted by atomic mass is 10.1. The van der Waals surface area contributed by atoms with E-state index in [9.17, 15) is 9.90 Å². The highest BCUT2D eigenvalue weighted by Crippen LogP contribution is 2.34. The minimum Gasteiger partial charge on any atom is -0.507 e. The van der Waals surface area contributed by atoms with Crippen LogP contribution in [-0.4, -0.2) is 21.0 Å². The van der Waals surface area contributed by atoms with E-state index in [-0.39, 0.29) is 11.7 Å². The summed E-state index contributed by atoms with van der Waals surface area (Å²) < 4.78 is 5.87. The second kappa shape index (κ2) is 6.57. The summed E-state index contributed by atoms with van der Waals surface area (Å²) in [5, 5.41) is 13.1. The van der Waals surface area contributed by atoms with Gasteiger partial charge in [-0.25, -0.2) is 4.98 Å². The third-order valence-corrected chi connectivity index (χ3v) is 4.23. The smallest absolute Gasteiger partial charge is 0.257 e. The molecule has 2 aromatic heterocycles. The molecule has 2 aromatic carbocycles. The highest BCUT2D eigenvalue weighted by atomic mass is 16.3. The molecule has 0 aliphatic heterocycles. The van der Waals surface area contributed by atoms with Crippen molar-refractivity contribution in [1.29, 1.82) is 0 Å². The topological polar surface area (TPSA) is 88.2 Å². The molecular formula is C21H17N3O3. The molecule has 0 unspecified atom stereocenters. The van der Waals surface area contributed by atoms with Gasteiger partial charge in [-0.1, -0.05) is 6.07 Å². The molecule has 0 bridgehead atoms. The van der Waals surface area contributed by atoms with Crippen LogP contribution in [0.2, 0.25) is 0 Å². The molecule has 4 rings (SSSR count). The number of aromatic nitrogens is 2. The Morgan fingerprint density at radius 1 is 1.15 bits per heavy atom. The van der Waals surface area contributed by atoms with Gasteiger partial charge in [-0.3, -0.25) is 9.78 Å². The number of aryl methyl sites for hydroxylation is 2. The minimum absolute atomic E-state index is 0.0234. The number of benzene rings is 2. The molecule has 0 radical (unpaired) electrons. The number of hydrogen-bond acceptors (Lipinski definition) is 5. The number of phenols is 1. The number of anilines is 1. The number of fused-ring (bicyclic) bond motifs is 1. The molecule has 2 heterocycles. The van der Waals surface area contributed by atoms with Crippen LogP contribution in [0.5, 0.6) is 5.75 Å². The number of rotatable bonds is 3. The summed E-state index contributed by atoms with van der Waals surface area (Å²) in [5.41, 5.74) is 4.84. The van der Waals surface area contributed by atoms with E-state index in [1.54, 1.807) is 30.5 Å². The second-order valence-corrected chi connectivity index (χ2v) is 6.38. The first-order valence-electron chi connectivity index (χ1n) is 8.44. The molecule has 0 aliphatic rings. The van der Waals surface area contributed by atoms with Crippen molar-refractivity contribution < 1.29 is 14.3 Å². The van der Waals surface area contributed by atoms with Gasteiger partial charge in [0.05, 0.1) is 11.1 Å². The lowest BCUT2D eigenvalue weighted by molar-refractivity contribution is 0.102. The Kier molecular flexibility index (Phi) is 4.08. The molecule has 0 atom stereocenters. The molecule has 27 heavy (non-hydrogen) atoms. The summed E-state index contributed by atoms with van der Waals surface area (Å²) in [6.45, 7) is 3.95. The molecule has 4 aromatic rings. The van der Waals surface area contributed by atoms with Crippen LogP contribution in [0.1, 0.15) is 21.5 Å². The summed E-state index contributed by atoms with van der Waals surface area (Å²) in [6, 6.07) is 12.1. The molecule has 0 spiro atoms. The molecule has 0 aliphatic carbocycles. The number of hydrogen-bond donors (Lipinski definition) is 2. The Bertz CT molecular complexity index is 1150. The summed E-state index contributed by atoms with van der Waals surface area (Å²) in [6.07, 6.45) is 3.09. The standard InChI is InChI=1S/C21H17N3O3/c1-12-8-13(2)19-17(9-12)24-21(27-19)16-10-15(5-6-18(16)25)23-20(26)14-4-3-7-22-11-14/h3-11,25H,1-2H3,(H,23,26). The first-order valence-corrected chi connectivity index (χ1v) is 8.44. The number of carbonyl (C=O) groups is 1. The number of aromatic hydroxyl groups is 1. The van der Waals surface area contributed by atoms with E-state index in [1.165, 1.54) is 12.3 Å². The Morgan fingerprint density at radius 3 is 2.78 bits per heavy atom. The zero-order valence-corrected chi connectivity index (χ0v) is 14.9. The fourth-order valence-electron chi connectivity index (χ4n) is 2.98. The lowest BCUT2D eigenvalue weighted by Gasteiger charge is -2.07. The van der Waals surface area contributed by atoms with Crippen LogP contribution in [0.15, 0.2) is 59.3 Å². The third-order valence-electron chi connectivity index (χ3n) is 4.23. The average Bonchev–Trinajstić information content (AvgIpc) is 3.08. The zero-order valence-electron chi connectivity index (χ0n) is 14.9. The van der Waals surface area contributed by atoms with Crippen LogP contribution >= 0.6 is 0 Å². The number of pyridine rings is 1. The second-order valence-electron chi connectivity index (χ2n) is 6.38. The first kappa shape index (κ1) is 16.8. The Labute approximate surface area is 155 Å². The van der Waals surface area contributed by atoms with Crippen molar-refractivity contribution in [2.75, 3.05) is 5.32 Å². The molecular weight excluding hydrogens is 342 g/mol. The molecule has 2 N–H and O–H groups in total. The van der Waals surface area contributed by atoms with Crippen LogP contribution in [0.25, 0.3) is 22.6 Å². The van der Waals surface area contributed by atoms with E-state index < -0.39 is 0 Å². The summed E-state index contributed by atoms with van der Waals surface area (Å²) in [7, 11) is 0. The highest BCUT2D eigenvalue weighted by molar-refractivity contribution is 6.04. The maximum atomic E-state index is 12.3. The van der Waals surface area contributed by atoms with Gasteiger partial charge in [-0.15, -0.1) is 0 Å². The van der Waals surface area contributed by atoms with E-state index in [0.29, 0.717) is 28.3 Å². The first-order chi connectivity index (χ1) is 13.0. The van der Waals surface area contributed by atoms with E-state index in [0.717, 1.165) is 16.6 Å². The zero-order chi connectivity index (χ0) is 19.0. The largest absolute Gasteiger partial charge is 0.507 e. The van der Waals surface area contributed by atoms with Crippen LogP contribution < -0.4 is 5.32 Å². The van der Waals surface area contributed by atoms with Gasteiger partial charge in [0, 0.05) is 18.1 Å². The molecule has 1 amide bonds. The quantitative estimate of drug-likeness (QED) is 0.527. The van der Waals surface area contributed by atoms with Gasteiger partial charge in [0.1, 0.15) is 11.3 Å². The number of carbonyl (C=O) groups excluding carboxylic acids is 1. The lowest BCUT2D eigenvalue weighted by Crippen LogP contribution is -2.11. The Morgan fingerprint density at radius 2 is 2.00 bits per heavy atom. The summed E-state index contributed by atoms with van der Waals surface area (Å²) in [4.78, 5) is 20.8. The number of nitrogens with one attached hydrogen (secondary N) is 1. The predicted octanol–water partition coefficient (Wildman–Crippen LogP) is 4.46. The molecule has 6 nitrogen and oxygen atoms in total. The average molecular weight is 359 g/mol. The van der Waals surface area contributed by atoms with Crippen LogP contribution in [0.3, 0.4) is 0 Å². The van der Waals surface area contributed by atoms with Crippen molar-refractivity contribution in [3.63, 3.8) is 0 Å². The summed E-state index contributed by atoms with van der Waals surface area (Å²) >= 11 is 0. The number of nitrogens with zero attached hydrogens (tertiary/aromatic N) is 2. The van der Waals surface area contributed by atoms with E-state index in [2.05, 4.69) is 15.3 Å². The normalized spacial score (nSPS) is 10.9. The number of oxazole rings is 1. The molecule has 0 fully saturated rings. The maximum absolute atomic E-state index is 12.3. The number of phenolic OH excluding ortho intramolecular Hbond substituents is 1. The molecule has 0 saturated heterocycles. The Hall–Kier alpha value is -3.67. The van der Waals surface area contributed by atoms with Gasteiger partial charge in [0.2, 0.25) is 5.89 Å². The Balaban J connectivity index is 1.71. The van der Waals surface area contributed by atoms with Crippen LogP contribution in [0.4, 0.5) is 5.69 Å². The highest BCUT2D eigenvalue weighted by Gasteiger charge is 2.16. The summed E-state index contributed by atoms with van der Waals surface area (Å²) in [5.74, 6) is 0.0350. The molecule has 0 saturated carbocycles. The van der Waals surface area contributed by atoms with E-state index >= 15 is 0 Å². The fraction of sp³-hybridized carbons (Fsp3) is 0.0952.